The molecule has 0 fully saturated rings. The van der Waals surface area contributed by atoms with Crippen LogP contribution < -0.4 is 15.4 Å². The summed E-state index contributed by atoms with van der Waals surface area (Å²) in [6, 6.07) is 18.6. The molecule has 0 radical (unpaired) electrons. The molecule has 31 heavy (non-hydrogen) atoms. The lowest BCUT2D eigenvalue weighted by atomic mass is 10.1. The Morgan fingerprint density at radius 3 is 2.16 bits per heavy atom. The lowest BCUT2D eigenvalue weighted by Crippen LogP contribution is -2.35. The summed E-state index contributed by atoms with van der Waals surface area (Å²) in [4.78, 5) is 24.0. The first-order valence-electron chi connectivity index (χ1n) is 9.86. The Bertz CT molecular complexity index is 1020. The van der Waals surface area contributed by atoms with Crippen molar-refractivity contribution in [2.45, 2.75) is 25.9 Å². The Balaban J connectivity index is 1.61. The van der Waals surface area contributed by atoms with Crippen molar-refractivity contribution in [2.75, 3.05) is 5.32 Å². The van der Waals surface area contributed by atoms with Crippen molar-refractivity contribution < 1.29 is 23.1 Å². The SMILES string of the molecule is CCCC(Oc1ccc(NC(=O)NC(=O)c2c(F)cccc2F)cc1)c1ccccc1. The van der Waals surface area contributed by atoms with Gasteiger partial charge in [0.05, 0.1) is 0 Å². The monoisotopic (exact) mass is 424 g/mol. The van der Waals surface area contributed by atoms with Gasteiger partial charge in [-0.25, -0.2) is 13.6 Å². The van der Waals surface area contributed by atoms with Gasteiger partial charge in [-0.15, -0.1) is 0 Å². The maximum atomic E-state index is 13.7. The van der Waals surface area contributed by atoms with Crippen LogP contribution >= 0.6 is 0 Å². The van der Waals surface area contributed by atoms with Gasteiger partial charge in [0.1, 0.15) is 29.1 Å². The quantitative estimate of drug-likeness (QED) is 0.500. The number of anilines is 1. The average molecular weight is 424 g/mol. The lowest BCUT2D eigenvalue weighted by Gasteiger charge is -2.19. The van der Waals surface area contributed by atoms with Gasteiger partial charge < -0.3 is 10.1 Å². The van der Waals surface area contributed by atoms with E-state index < -0.39 is 29.1 Å². The summed E-state index contributed by atoms with van der Waals surface area (Å²) >= 11 is 0. The maximum absolute atomic E-state index is 13.7. The van der Waals surface area contributed by atoms with Gasteiger partial charge in [-0.1, -0.05) is 49.7 Å². The van der Waals surface area contributed by atoms with E-state index in [0.29, 0.717) is 11.4 Å². The Morgan fingerprint density at radius 1 is 0.903 bits per heavy atom. The summed E-state index contributed by atoms with van der Waals surface area (Å²) in [5.74, 6) is -2.64. The first-order chi connectivity index (χ1) is 15.0. The molecule has 0 saturated carbocycles. The van der Waals surface area contributed by atoms with Gasteiger partial charge in [-0.05, 0) is 48.4 Å². The predicted molar refractivity (Wildman–Crippen MR) is 114 cm³/mol. The minimum Gasteiger partial charge on any atom is -0.486 e. The van der Waals surface area contributed by atoms with Gasteiger partial charge in [0, 0.05) is 5.69 Å². The first kappa shape index (κ1) is 22.0. The molecule has 0 spiro atoms. The van der Waals surface area contributed by atoms with E-state index in [0.717, 1.165) is 36.6 Å². The number of urea groups is 1. The van der Waals surface area contributed by atoms with Gasteiger partial charge in [0.25, 0.3) is 5.91 Å². The largest absolute Gasteiger partial charge is 0.486 e. The maximum Gasteiger partial charge on any atom is 0.326 e. The van der Waals surface area contributed by atoms with E-state index in [1.54, 1.807) is 24.3 Å². The van der Waals surface area contributed by atoms with Crippen molar-refractivity contribution in [3.8, 4) is 5.75 Å². The molecular formula is C24H22F2N2O3. The van der Waals surface area contributed by atoms with Gasteiger partial charge >= 0.3 is 6.03 Å². The molecule has 5 nitrogen and oxygen atoms in total. The summed E-state index contributed by atoms with van der Waals surface area (Å²) in [5.41, 5.74) is 0.646. The normalized spacial score (nSPS) is 11.5. The van der Waals surface area contributed by atoms with Crippen molar-refractivity contribution in [1.29, 1.82) is 0 Å². The van der Waals surface area contributed by atoms with E-state index in [1.165, 1.54) is 0 Å². The van der Waals surface area contributed by atoms with Gasteiger partial charge in [0.2, 0.25) is 0 Å². The fourth-order valence-corrected chi connectivity index (χ4v) is 3.05. The molecule has 160 valence electrons. The molecule has 3 rings (SSSR count). The number of halogens is 2. The van der Waals surface area contributed by atoms with Crippen LogP contribution in [0.4, 0.5) is 19.3 Å². The molecule has 0 aliphatic rings. The summed E-state index contributed by atoms with van der Waals surface area (Å²) in [6.45, 7) is 2.08. The molecule has 0 saturated heterocycles. The Kier molecular flexibility index (Phi) is 7.32. The molecule has 0 bridgehead atoms. The Hall–Kier alpha value is -3.74. The number of ether oxygens (including phenoxy) is 1. The minimum atomic E-state index is -1.17. The van der Waals surface area contributed by atoms with Crippen LogP contribution in [0.15, 0.2) is 72.8 Å². The number of amides is 3. The van der Waals surface area contributed by atoms with E-state index in [1.807, 2.05) is 35.6 Å². The number of hydrogen-bond acceptors (Lipinski definition) is 3. The minimum absolute atomic E-state index is 0.0957. The molecule has 3 aromatic rings. The van der Waals surface area contributed by atoms with Crippen LogP contribution in [-0.2, 0) is 0 Å². The highest BCUT2D eigenvalue weighted by Crippen LogP contribution is 2.27. The standard InChI is InChI=1S/C24H22F2N2O3/c1-2-7-21(16-8-4-3-5-9-16)31-18-14-12-17(13-15-18)27-24(30)28-23(29)22-19(25)10-6-11-20(22)26/h3-6,8-15,21H,2,7H2,1H3,(H2,27,28,29,30). The second-order valence-corrected chi connectivity index (χ2v) is 6.84. The highest BCUT2D eigenvalue weighted by Gasteiger charge is 2.19. The number of rotatable bonds is 7. The van der Waals surface area contributed by atoms with Gasteiger partial charge in [0.15, 0.2) is 0 Å². The van der Waals surface area contributed by atoms with Crippen LogP contribution in [0.5, 0.6) is 5.75 Å². The molecule has 0 heterocycles. The topological polar surface area (TPSA) is 67.4 Å². The molecule has 1 atom stereocenters. The van der Waals surface area contributed by atoms with Crippen molar-refractivity contribution in [1.82, 2.24) is 5.32 Å². The summed E-state index contributed by atoms with van der Waals surface area (Å²) < 4.78 is 33.4. The van der Waals surface area contributed by atoms with Gasteiger partial charge in [-0.3, -0.25) is 10.1 Å². The zero-order chi connectivity index (χ0) is 22.2. The fraction of sp³-hybridized carbons (Fsp3) is 0.167. The van der Waals surface area contributed by atoms with Crippen molar-refractivity contribution in [2.24, 2.45) is 0 Å². The van der Waals surface area contributed by atoms with Crippen LogP contribution in [0.3, 0.4) is 0 Å². The highest BCUT2D eigenvalue weighted by molar-refractivity contribution is 6.08. The third kappa shape index (κ3) is 5.88. The second kappa shape index (κ2) is 10.3. The van der Waals surface area contributed by atoms with Crippen LogP contribution in [-0.4, -0.2) is 11.9 Å². The third-order valence-electron chi connectivity index (χ3n) is 4.53. The van der Waals surface area contributed by atoms with Crippen molar-refractivity contribution in [3.05, 3.63) is 95.6 Å². The van der Waals surface area contributed by atoms with Crippen molar-refractivity contribution in [3.63, 3.8) is 0 Å². The first-order valence-corrected chi connectivity index (χ1v) is 9.86. The predicted octanol–water partition coefficient (Wildman–Crippen LogP) is 5.85. The summed E-state index contributed by atoms with van der Waals surface area (Å²) in [6.07, 6.45) is 1.71. The number of imide groups is 1. The molecular weight excluding hydrogens is 402 g/mol. The van der Waals surface area contributed by atoms with E-state index in [-0.39, 0.29) is 6.10 Å². The molecule has 0 aliphatic heterocycles. The second-order valence-electron chi connectivity index (χ2n) is 6.84. The van der Waals surface area contributed by atoms with Crippen LogP contribution in [0.25, 0.3) is 0 Å². The Morgan fingerprint density at radius 2 is 1.55 bits per heavy atom. The molecule has 1 unspecified atom stereocenters. The highest BCUT2D eigenvalue weighted by atomic mass is 19.1. The van der Waals surface area contributed by atoms with E-state index in [2.05, 4.69) is 12.2 Å². The van der Waals surface area contributed by atoms with E-state index in [4.69, 9.17) is 4.74 Å². The smallest absolute Gasteiger partial charge is 0.326 e. The molecule has 3 aromatic carbocycles. The molecule has 0 aromatic heterocycles. The molecule has 2 N–H and O–H groups in total. The number of hydrogen-bond donors (Lipinski definition) is 2. The van der Waals surface area contributed by atoms with Crippen LogP contribution in [0.2, 0.25) is 0 Å². The molecule has 3 amide bonds. The number of carbonyl (C=O) groups excluding carboxylic acids is 2. The lowest BCUT2D eigenvalue weighted by molar-refractivity contribution is 0.0959. The fourth-order valence-electron chi connectivity index (χ4n) is 3.05. The number of nitrogens with one attached hydrogen (secondary N) is 2. The zero-order valence-electron chi connectivity index (χ0n) is 16.9. The Labute approximate surface area is 179 Å². The van der Waals surface area contributed by atoms with Crippen molar-refractivity contribution >= 4 is 17.6 Å². The van der Waals surface area contributed by atoms with Crippen LogP contribution in [0, 0.1) is 11.6 Å². The molecule has 7 heteroatoms. The number of benzene rings is 3. The molecule has 0 aliphatic carbocycles. The van der Waals surface area contributed by atoms with E-state index in [9.17, 15) is 18.4 Å². The average Bonchev–Trinajstić information content (AvgIpc) is 2.75. The third-order valence-corrected chi connectivity index (χ3v) is 4.53. The van der Waals surface area contributed by atoms with E-state index >= 15 is 0 Å². The van der Waals surface area contributed by atoms with Crippen LogP contribution in [0.1, 0.15) is 41.8 Å². The summed E-state index contributed by atoms with van der Waals surface area (Å²) in [7, 11) is 0. The zero-order valence-corrected chi connectivity index (χ0v) is 16.9. The summed E-state index contributed by atoms with van der Waals surface area (Å²) in [5, 5.41) is 4.36. The number of carbonyl (C=O) groups is 2. The van der Waals surface area contributed by atoms with Gasteiger partial charge in [-0.2, -0.15) is 0 Å².